The number of nitrogens with zero attached hydrogens (tertiary/aromatic N) is 2. The number of rotatable bonds is 5. The van der Waals surface area contributed by atoms with E-state index in [-0.39, 0.29) is 18.1 Å². The van der Waals surface area contributed by atoms with Crippen LogP contribution in [0.1, 0.15) is 10.5 Å². The summed E-state index contributed by atoms with van der Waals surface area (Å²) >= 11 is 0. The number of halogens is 1. The number of esters is 1. The largest absolute Gasteiger partial charge is 0.486 e. The lowest BCUT2D eigenvalue weighted by Gasteiger charge is -2.04. The average molecular weight is 242 g/mol. The number of ether oxygens (including phenoxy) is 2. The first-order valence-electron chi connectivity index (χ1n) is 4.60. The van der Waals surface area contributed by atoms with Crippen LogP contribution in [-0.2, 0) is 9.57 Å². The monoisotopic (exact) mass is 242 g/mol. The molecule has 0 aliphatic rings. The van der Waals surface area contributed by atoms with Crippen molar-refractivity contribution in [2.75, 3.05) is 20.8 Å². The Labute approximate surface area is 97.0 Å². The first kappa shape index (κ1) is 12.9. The minimum atomic E-state index is -0.838. The molecule has 0 bridgehead atoms. The van der Waals surface area contributed by atoms with Crippen LogP contribution >= 0.6 is 0 Å². The minimum absolute atomic E-state index is 0.104. The minimum Gasteiger partial charge on any atom is -0.486 e. The molecule has 0 N–H and O–H groups in total. The molecular formula is C10H11FN2O4. The van der Waals surface area contributed by atoms with E-state index in [1.165, 1.54) is 19.5 Å². The van der Waals surface area contributed by atoms with E-state index in [4.69, 9.17) is 4.74 Å². The van der Waals surface area contributed by atoms with Crippen molar-refractivity contribution in [1.29, 1.82) is 0 Å². The van der Waals surface area contributed by atoms with Crippen molar-refractivity contribution in [2.45, 2.75) is 0 Å². The number of carbonyl (C=O) groups excluding carboxylic acids is 1. The average Bonchev–Trinajstić information content (AvgIpc) is 2.34. The molecule has 1 aromatic rings. The van der Waals surface area contributed by atoms with E-state index >= 15 is 0 Å². The Morgan fingerprint density at radius 3 is 2.94 bits per heavy atom. The molecule has 0 saturated heterocycles. The third-order valence-corrected chi connectivity index (χ3v) is 1.70. The van der Waals surface area contributed by atoms with Gasteiger partial charge < -0.3 is 14.3 Å². The van der Waals surface area contributed by atoms with E-state index in [1.807, 2.05) is 0 Å². The summed E-state index contributed by atoms with van der Waals surface area (Å²) in [5, 5.41) is 3.43. The zero-order valence-electron chi connectivity index (χ0n) is 9.34. The Balaban J connectivity index is 2.68. The van der Waals surface area contributed by atoms with Crippen LogP contribution < -0.4 is 4.74 Å². The van der Waals surface area contributed by atoms with Gasteiger partial charge in [-0.3, -0.25) is 0 Å². The summed E-state index contributed by atoms with van der Waals surface area (Å²) in [4.78, 5) is 19.0. The van der Waals surface area contributed by atoms with Gasteiger partial charge in [0.1, 0.15) is 19.5 Å². The standard InChI is InChI=1S/C10H11FN2O4/c1-15-10(14)9-8(11)5-7(6-12-9)17-4-3-13-16-2/h3,5-6H,4H2,1-2H3. The summed E-state index contributed by atoms with van der Waals surface area (Å²) in [5.41, 5.74) is -0.384. The van der Waals surface area contributed by atoms with Gasteiger partial charge in [0.25, 0.3) is 0 Å². The smallest absolute Gasteiger partial charge is 0.359 e. The Morgan fingerprint density at radius 1 is 1.59 bits per heavy atom. The van der Waals surface area contributed by atoms with Crippen LogP contribution in [0.4, 0.5) is 4.39 Å². The van der Waals surface area contributed by atoms with E-state index in [0.29, 0.717) is 0 Å². The maximum atomic E-state index is 13.4. The lowest BCUT2D eigenvalue weighted by molar-refractivity contribution is 0.0588. The van der Waals surface area contributed by atoms with Crippen molar-refractivity contribution >= 4 is 12.2 Å². The molecule has 0 aliphatic heterocycles. The van der Waals surface area contributed by atoms with Gasteiger partial charge >= 0.3 is 5.97 Å². The highest BCUT2D eigenvalue weighted by atomic mass is 19.1. The second-order valence-corrected chi connectivity index (χ2v) is 2.77. The highest BCUT2D eigenvalue weighted by Gasteiger charge is 2.14. The highest BCUT2D eigenvalue weighted by Crippen LogP contribution is 2.14. The molecular weight excluding hydrogens is 231 g/mol. The predicted molar refractivity (Wildman–Crippen MR) is 56.5 cm³/mol. The molecule has 7 heteroatoms. The molecule has 0 amide bonds. The molecule has 6 nitrogen and oxygen atoms in total. The number of pyridine rings is 1. The van der Waals surface area contributed by atoms with Gasteiger partial charge in [0.15, 0.2) is 11.5 Å². The van der Waals surface area contributed by atoms with Crippen LogP contribution in [0.25, 0.3) is 0 Å². The maximum Gasteiger partial charge on any atom is 0.359 e. The van der Waals surface area contributed by atoms with E-state index in [2.05, 4.69) is 19.7 Å². The Bertz CT molecular complexity index is 423. The molecule has 0 radical (unpaired) electrons. The van der Waals surface area contributed by atoms with Crippen molar-refractivity contribution in [1.82, 2.24) is 4.98 Å². The second-order valence-electron chi connectivity index (χ2n) is 2.77. The van der Waals surface area contributed by atoms with E-state index in [9.17, 15) is 9.18 Å². The van der Waals surface area contributed by atoms with Crippen LogP contribution in [0.15, 0.2) is 17.4 Å². The number of methoxy groups -OCH3 is 1. The van der Waals surface area contributed by atoms with Gasteiger partial charge in [-0.15, -0.1) is 0 Å². The number of hydrogen-bond acceptors (Lipinski definition) is 6. The normalized spacial score (nSPS) is 10.3. The molecule has 0 fully saturated rings. The zero-order valence-corrected chi connectivity index (χ0v) is 9.34. The maximum absolute atomic E-state index is 13.4. The summed E-state index contributed by atoms with van der Waals surface area (Å²) in [7, 11) is 2.54. The van der Waals surface area contributed by atoms with Crippen LogP contribution in [-0.4, -0.2) is 38.0 Å². The van der Waals surface area contributed by atoms with Crippen LogP contribution in [0.3, 0.4) is 0 Å². The van der Waals surface area contributed by atoms with Gasteiger partial charge in [0, 0.05) is 6.07 Å². The summed E-state index contributed by atoms with van der Waals surface area (Å²) in [5.74, 6) is -1.47. The van der Waals surface area contributed by atoms with Gasteiger partial charge in [-0.2, -0.15) is 0 Å². The van der Waals surface area contributed by atoms with Gasteiger partial charge in [-0.05, 0) is 0 Å². The van der Waals surface area contributed by atoms with Gasteiger partial charge in [-0.25, -0.2) is 14.2 Å². The zero-order chi connectivity index (χ0) is 12.7. The Hall–Kier alpha value is -2.18. The van der Waals surface area contributed by atoms with Crippen molar-refractivity contribution in [2.24, 2.45) is 5.16 Å². The summed E-state index contributed by atoms with van der Waals surface area (Å²) < 4.78 is 22.8. The quantitative estimate of drug-likeness (QED) is 0.438. The van der Waals surface area contributed by atoms with Crippen LogP contribution in [0, 0.1) is 5.82 Å². The van der Waals surface area contributed by atoms with Gasteiger partial charge in [0.05, 0.1) is 19.5 Å². The first-order chi connectivity index (χ1) is 8.19. The molecule has 0 spiro atoms. The molecule has 17 heavy (non-hydrogen) atoms. The van der Waals surface area contributed by atoms with Crippen molar-refractivity contribution in [3.8, 4) is 5.75 Å². The molecule has 92 valence electrons. The summed E-state index contributed by atoms with van der Waals surface area (Å²) in [6, 6.07) is 1.04. The molecule has 0 saturated carbocycles. The highest BCUT2D eigenvalue weighted by molar-refractivity contribution is 5.87. The molecule has 0 unspecified atom stereocenters. The Morgan fingerprint density at radius 2 is 2.35 bits per heavy atom. The summed E-state index contributed by atoms with van der Waals surface area (Å²) in [6.07, 6.45) is 2.57. The Kier molecular flexibility index (Phi) is 4.86. The third-order valence-electron chi connectivity index (χ3n) is 1.70. The SMILES string of the molecule is CON=CCOc1cnc(C(=O)OC)c(F)c1. The lowest BCUT2D eigenvalue weighted by atomic mass is 10.3. The third kappa shape index (κ3) is 3.71. The number of hydrogen-bond donors (Lipinski definition) is 0. The molecule has 1 heterocycles. The number of aromatic nitrogens is 1. The predicted octanol–water partition coefficient (Wildman–Crippen LogP) is 1.02. The fraction of sp³-hybridized carbons (Fsp3) is 0.300. The van der Waals surface area contributed by atoms with Crippen LogP contribution in [0.2, 0.25) is 0 Å². The fourth-order valence-electron chi connectivity index (χ4n) is 0.985. The van der Waals surface area contributed by atoms with Gasteiger partial charge in [-0.1, -0.05) is 5.16 Å². The van der Waals surface area contributed by atoms with E-state index in [0.717, 1.165) is 13.2 Å². The van der Waals surface area contributed by atoms with Gasteiger partial charge in [0.2, 0.25) is 0 Å². The number of carbonyl (C=O) groups is 1. The first-order valence-corrected chi connectivity index (χ1v) is 4.60. The molecule has 1 aromatic heterocycles. The van der Waals surface area contributed by atoms with Crippen molar-refractivity contribution < 1.29 is 23.5 Å². The van der Waals surface area contributed by atoms with E-state index < -0.39 is 11.8 Å². The number of oxime groups is 1. The second kappa shape index (κ2) is 6.41. The lowest BCUT2D eigenvalue weighted by Crippen LogP contribution is -2.08. The molecule has 1 rings (SSSR count). The van der Waals surface area contributed by atoms with E-state index in [1.54, 1.807) is 0 Å². The molecule has 0 aromatic carbocycles. The molecule has 0 atom stereocenters. The van der Waals surface area contributed by atoms with Crippen molar-refractivity contribution in [3.63, 3.8) is 0 Å². The van der Waals surface area contributed by atoms with Crippen molar-refractivity contribution in [3.05, 3.63) is 23.8 Å². The molecule has 0 aliphatic carbocycles. The fourth-order valence-corrected chi connectivity index (χ4v) is 0.985. The van der Waals surface area contributed by atoms with Crippen LogP contribution in [0.5, 0.6) is 5.75 Å². The topological polar surface area (TPSA) is 70.0 Å². The summed E-state index contributed by atoms with van der Waals surface area (Å²) in [6.45, 7) is 0.104.